The molecule has 0 amide bonds. The standard InChI is InChI=1S/C16H19F3O2/c17-16(18,19)21-14-9-5-8-13(11-14)15(20)10-12-6-3-1-2-4-7-12/h5,8-9,11-12H,1-4,6-7,10H2. The number of rotatable bonds is 4. The average Bonchev–Trinajstić information content (AvgIpc) is 2.65. The highest BCUT2D eigenvalue weighted by Gasteiger charge is 2.31. The van der Waals surface area contributed by atoms with Gasteiger partial charge in [0.05, 0.1) is 0 Å². The van der Waals surface area contributed by atoms with Gasteiger partial charge in [0.25, 0.3) is 0 Å². The van der Waals surface area contributed by atoms with Crippen molar-refractivity contribution in [3.05, 3.63) is 29.8 Å². The Balaban J connectivity index is 2.00. The van der Waals surface area contributed by atoms with Gasteiger partial charge >= 0.3 is 6.36 Å². The molecule has 0 N–H and O–H groups in total. The molecule has 116 valence electrons. The van der Waals surface area contributed by atoms with Crippen LogP contribution in [0.15, 0.2) is 24.3 Å². The molecule has 1 aromatic carbocycles. The minimum atomic E-state index is -4.73. The zero-order valence-electron chi connectivity index (χ0n) is 11.8. The lowest BCUT2D eigenvalue weighted by molar-refractivity contribution is -0.274. The molecule has 1 saturated carbocycles. The normalized spacial score (nSPS) is 17.3. The molecule has 0 radical (unpaired) electrons. The van der Waals surface area contributed by atoms with E-state index in [0.29, 0.717) is 17.9 Å². The van der Waals surface area contributed by atoms with Crippen LogP contribution in [0, 0.1) is 5.92 Å². The van der Waals surface area contributed by atoms with Crippen molar-refractivity contribution in [2.75, 3.05) is 0 Å². The number of ether oxygens (including phenoxy) is 1. The van der Waals surface area contributed by atoms with Crippen molar-refractivity contribution in [1.29, 1.82) is 0 Å². The number of benzene rings is 1. The molecule has 1 aromatic rings. The van der Waals surface area contributed by atoms with Gasteiger partial charge in [0, 0.05) is 12.0 Å². The number of alkyl halides is 3. The number of ketones is 1. The largest absolute Gasteiger partial charge is 0.573 e. The second-order valence-electron chi connectivity index (χ2n) is 5.56. The van der Waals surface area contributed by atoms with Crippen LogP contribution in [0.25, 0.3) is 0 Å². The number of hydrogen-bond acceptors (Lipinski definition) is 2. The summed E-state index contributed by atoms with van der Waals surface area (Å²) in [5.74, 6) is -0.0871. The Morgan fingerprint density at radius 3 is 2.43 bits per heavy atom. The molecule has 0 heterocycles. The molecule has 0 saturated heterocycles. The summed E-state index contributed by atoms with van der Waals surface area (Å²) in [7, 11) is 0. The molecule has 1 fully saturated rings. The lowest BCUT2D eigenvalue weighted by Crippen LogP contribution is -2.17. The van der Waals surface area contributed by atoms with E-state index >= 15 is 0 Å². The van der Waals surface area contributed by atoms with Crippen molar-refractivity contribution >= 4 is 5.78 Å². The quantitative estimate of drug-likeness (QED) is 0.569. The van der Waals surface area contributed by atoms with Gasteiger partial charge in [-0.2, -0.15) is 0 Å². The smallest absolute Gasteiger partial charge is 0.406 e. The zero-order valence-corrected chi connectivity index (χ0v) is 11.8. The van der Waals surface area contributed by atoms with Gasteiger partial charge in [-0.1, -0.05) is 50.7 Å². The fourth-order valence-electron chi connectivity index (χ4n) is 2.81. The number of halogens is 3. The van der Waals surface area contributed by atoms with Gasteiger partial charge in [-0.15, -0.1) is 13.2 Å². The first kappa shape index (κ1) is 15.9. The van der Waals surface area contributed by atoms with Gasteiger partial charge in [0.1, 0.15) is 5.75 Å². The van der Waals surface area contributed by atoms with Crippen LogP contribution in [-0.2, 0) is 0 Å². The highest BCUT2D eigenvalue weighted by atomic mass is 19.4. The maximum absolute atomic E-state index is 12.2. The molecular weight excluding hydrogens is 281 g/mol. The minimum Gasteiger partial charge on any atom is -0.406 e. The Bertz CT molecular complexity index is 475. The van der Waals surface area contributed by atoms with Crippen molar-refractivity contribution in [3.63, 3.8) is 0 Å². The summed E-state index contributed by atoms with van der Waals surface area (Å²) in [6.07, 6.45) is 2.43. The van der Waals surface area contributed by atoms with Crippen LogP contribution in [-0.4, -0.2) is 12.1 Å². The fourth-order valence-corrected chi connectivity index (χ4v) is 2.81. The first-order chi connectivity index (χ1) is 9.94. The molecule has 0 atom stereocenters. The molecule has 0 spiro atoms. The van der Waals surface area contributed by atoms with Crippen molar-refractivity contribution in [3.8, 4) is 5.75 Å². The van der Waals surface area contributed by atoms with Crippen LogP contribution >= 0.6 is 0 Å². The minimum absolute atomic E-state index is 0.102. The Kier molecular flexibility index (Phi) is 5.26. The summed E-state index contributed by atoms with van der Waals surface area (Å²) >= 11 is 0. The van der Waals surface area contributed by atoms with Crippen molar-refractivity contribution in [2.45, 2.75) is 51.3 Å². The van der Waals surface area contributed by atoms with Crippen LogP contribution in [0.2, 0.25) is 0 Å². The predicted octanol–water partition coefficient (Wildman–Crippen LogP) is 5.13. The van der Waals surface area contributed by atoms with Gasteiger partial charge in [0.15, 0.2) is 5.78 Å². The summed E-state index contributed by atoms with van der Waals surface area (Å²) in [5.41, 5.74) is 0.293. The third kappa shape index (κ3) is 5.40. The van der Waals surface area contributed by atoms with E-state index in [1.165, 1.54) is 31.0 Å². The predicted molar refractivity (Wildman–Crippen MR) is 73.3 cm³/mol. The van der Waals surface area contributed by atoms with E-state index < -0.39 is 6.36 Å². The van der Waals surface area contributed by atoms with Crippen molar-refractivity contribution in [2.24, 2.45) is 5.92 Å². The lowest BCUT2D eigenvalue weighted by atomic mass is 9.92. The molecule has 2 nitrogen and oxygen atoms in total. The van der Waals surface area contributed by atoms with Crippen LogP contribution in [0.1, 0.15) is 55.3 Å². The molecule has 0 unspecified atom stereocenters. The van der Waals surface area contributed by atoms with E-state index in [4.69, 9.17) is 0 Å². The second-order valence-corrected chi connectivity index (χ2v) is 5.56. The molecule has 0 aliphatic heterocycles. The third-order valence-electron chi connectivity index (χ3n) is 3.84. The van der Waals surface area contributed by atoms with Crippen molar-refractivity contribution in [1.82, 2.24) is 0 Å². The topological polar surface area (TPSA) is 26.3 Å². The number of carbonyl (C=O) groups excluding carboxylic acids is 1. The number of hydrogen-bond donors (Lipinski definition) is 0. The van der Waals surface area contributed by atoms with Gasteiger partial charge in [-0.25, -0.2) is 0 Å². The fraction of sp³-hybridized carbons (Fsp3) is 0.562. The van der Waals surface area contributed by atoms with E-state index in [9.17, 15) is 18.0 Å². The van der Waals surface area contributed by atoms with E-state index in [1.807, 2.05) is 0 Å². The molecule has 21 heavy (non-hydrogen) atoms. The monoisotopic (exact) mass is 300 g/mol. The van der Waals surface area contributed by atoms with E-state index in [0.717, 1.165) is 25.7 Å². The lowest BCUT2D eigenvalue weighted by Gasteiger charge is -2.13. The number of carbonyl (C=O) groups is 1. The van der Waals surface area contributed by atoms with Crippen molar-refractivity contribution < 1.29 is 22.7 Å². The van der Waals surface area contributed by atoms with E-state index in [1.54, 1.807) is 6.07 Å². The third-order valence-corrected chi connectivity index (χ3v) is 3.84. The molecule has 0 bridgehead atoms. The summed E-state index contributed by atoms with van der Waals surface area (Å²) in [6.45, 7) is 0. The molecule has 1 aliphatic rings. The first-order valence-corrected chi connectivity index (χ1v) is 7.33. The van der Waals surface area contributed by atoms with Gasteiger partial charge in [-0.3, -0.25) is 4.79 Å². The maximum Gasteiger partial charge on any atom is 0.573 e. The first-order valence-electron chi connectivity index (χ1n) is 7.33. The Labute approximate surface area is 122 Å². The highest BCUT2D eigenvalue weighted by Crippen LogP contribution is 2.28. The summed E-state index contributed by atoms with van der Waals surface area (Å²) in [5, 5.41) is 0. The van der Waals surface area contributed by atoms with Crippen LogP contribution < -0.4 is 4.74 Å². The Morgan fingerprint density at radius 2 is 1.81 bits per heavy atom. The molecule has 0 aromatic heterocycles. The SMILES string of the molecule is O=C(CC1CCCCCC1)c1cccc(OC(F)(F)F)c1. The van der Waals surface area contributed by atoms with Gasteiger partial charge in [-0.05, 0) is 18.1 Å². The number of Topliss-reactive ketones (excluding diaryl/α,β-unsaturated/α-hetero) is 1. The molecule has 2 rings (SSSR count). The summed E-state index contributed by atoms with van der Waals surface area (Å²) < 4.78 is 40.4. The maximum atomic E-state index is 12.2. The Morgan fingerprint density at radius 1 is 1.14 bits per heavy atom. The van der Waals surface area contributed by atoms with Gasteiger partial charge < -0.3 is 4.74 Å². The molecule has 5 heteroatoms. The molecular formula is C16H19F3O2. The average molecular weight is 300 g/mol. The van der Waals surface area contributed by atoms with Crippen LogP contribution in [0.3, 0.4) is 0 Å². The van der Waals surface area contributed by atoms with E-state index in [-0.39, 0.29) is 11.5 Å². The second kappa shape index (κ2) is 6.96. The van der Waals surface area contributed by atoms with E-state index in [2.05, 4.69) is 4.74 Å². The highest BCUT2D eigenvalue weighted by molar-refractivity contribution is 5.96. The van der Waals surface area contributed by atoms with Crippen LogP contribution in [0.5, 0.6) is 5.75 Å². The summed E-state index contributed by atoms with van der Waals surface area (Å²) in [6, 6.07) is 5.34. The Hall–Kier alpha value is -1.52. The summed E-state index contributed by atoms with van der Waals surface area (Å²) in [4.78, 5) is 12.2. The van der Waals surface area contributed by atoms with Gasteiger partial charge in [0.2, 0.25) is 0 Å². The zero-order chi connectivity index (χ0) is 15.3. The van der Waals surface area contributed by atoms with Crippen LogP contribution in [0.4, 0.5) is 13.2 Å². The molecule has 1 aliphatic carbocycles.